The largest absolute Gasteiger partial charge is 0.294 e. The van der Waals surface area contributed by atoms with Crippen LogP contribution in [0.3, 0.4) is 0 Å². The number of hydrogen-bond acceptors (Lipinski definition) is 1. The summed E-state index contributed by atoms with van der Waals surface area (Å²) < 4.78 is 13.7. The predicted molar refractivity (Wildman–Crippen MR) is 52.6 cm³/mol. The van der Waals surface area contributed by atoms with E-state index >= 15 is 0 Å². The van der Waals surface area contributed by atoms with Crippen LogP contribution in [0.5, 0.6) is 0 Å². The monoisotopic (exact) mass is 171 g/mol. The Labute approximate surface area is 74.4 Å². The normalized spacial score (nSPS) is 18.2. The van der Waals surface area contributed by atoms with Crippen molar-refractivity contribution in [2.45, 2.75) is 39.8 Å². The number of halogens is 1. The van der Waals surface area contributed by atoms with E-state index in [4.69, 9.17) is 0 Å². The molecule has 0 N–H and O–H groups in total. The number of hydrogen-bond donors (Lipinski definition) is 0. The van der Waals surface area contributed by atoms with E-state index in [1.807, 2.05) is 19.9 Å². The Morgan fingerprint density at radius 1 is 1.58 bits per heavy atom. The van der Waals surface area contributed by atoms with Crippen LogP contribution in [0.1, 0.15) is 34.1 Å². The van der Waals surface area contributed by atoms with Gasteiger partial charge >= 0.3 is 0 Å². The zero-order chi connectivity index (χ0) is 9.61. The lowest BCUT2D eigenvalue weighted by Crippen LogP contribution is -2.23. The molecule has 0 aliphatic heterocycles. The Morgan fingerprint density at radius 2 is 2.17 bits per heavy atom. The lowest BCUT2D eigenvalue weighted by Gasteiger charge is -2.18. The topological polar surface area (TPSA) is 12.4 Å². The maximum Gasteiger partial charge on any atom is 0.148 e. The van der Waals surface area contributed by atoms with Crippen LogP contribution in [0.2, 0.25) is 0 Å². The Morgan fingerprint density at radius 3 is 2.58 bits per heavy atom. The highest BCUT2D eigenvalue weighted by atomic mass is 19.1. The lowest BCUT2D eigenvalue weighted by atomic mass is 9.98. The standard InChI is InChI=1S/C10H18FN/c1-5-7-9(3)10(4,11)8-12-6-2/h6-7H,5,8H2,1-4H3/b9-7-,12-6?/t10-/m1/s1. The van der Waals surface area contributed by atoms with Crippen LogP contribution in [-0.2, 0) is 0 Å². The van der Waals surface area contributed by atoms with Crippen LogP contribution in [0.4, 0.5) is 4.39 Å². The first-order valence-corrected chi connectivity index (χ1v) is 4.35. The minimum Gasteiger partial charge on any atom is -0.294 e. The molecule has 0 amide bonds. The molecule has 1 nitrogen and oxygen atoms in total. The molecular weight excluding hydrogens is 153 g/mol. The predicted octanol–water partition coefficient (Wildman–Crippen LogP) is 3.16. The smallest absolute Gasteiger partial charge is 0.148 e. The molecule has 1 atom stereocenters. The summed E-state index contributed by atoms with van der Waals surface area (Å²) in [4.78, 5) is 3.91. The second-order valence-corrected chi connectivity index (χ2v) is 3.09. The fourth-order valence-corrected chi connectivity index (χ4v) is 0.906. The highest BCUT2D eigenvalue weighted by Gasteiger charge is 2.23. The van der Waals surface area contributed by atoms with E-state index < -0.39 is 5.67 Å². The van der Waals surface area contributed by atoms with Crippen molar-refractivity contribution in [2.24, 2.45) is 4.99 Å². The molecule has 0 rings (SSSR count). The quantitative estimate of drug-likeness (QED) is 0.455. The molecule has 0 aromatic carbocycles. The van der Waals surface area contributed by atoms with Gasteiger partial charge in [-0.3, -0.25) is 4.99 Å². The third-order valence-electron chi connectivity index (χ3n) is 1.90. The Balaban J connectivity index is 4.27. The van der Waals surface area contributed by atoms with Crippen molar-refractivity contribution in [2.75, 3.05) is 6.54 Å². The van der Waals surface area contributed by atoms with Gasteiger partial charge in [0.1, 0.15) is 5.67 Å². The van der Waals surface area contributed by atoms with E-state index in [0.29, 0.717) is 0 Å². The second kappa shape index (κ2) is 5.07. The summed E-state index contributed by atoms with van der Waals surface area (Å²) in [5, 5.41) is 0. The van der Waals surface area contributed by atoms with Crippen LogP contribution in [0.15, 0.2) is 16.6 Å². The van der Waals surface area contributed by atoms with Gasteiger partial charge in [-0.1, -0.05) is 13.0 Å². The highest BCUT2D eigenvalue weighted by molar-refractivity contribution is 5.53. The molecule has 0 fully saturated rings. The van der Waals surface area contributed by atoms with Crippen molar-refractivity contribution in [3.63, 3.8) is 0 Å². The van der Waals surface area contributed by atoms with E-state index in [1.165, 1.54) is 0 Å². The summed E-state index contributed by atoms with van der Waals surface area (Å²) >= 11 is 0. The summed E-state index contributed by atoms with van der Waals surface area (Å²) in [6, 6.07) is 0. The maximum atomic E-state index is 13.7. The van der Waals surface area contributed by atoms with E-state index in [0.717, 1.165) is 12.0 Å². The van der Waals surface area contributed by atoms with E-state index in [2.05, 4.69) is 4.99 Å². The van der Waals surface area contributed by atoms with Gasteiger partial charge in [-0.05, 0) is 39.0 Å². The molecule has 70 valence electrons. The molecule has 0 aromatic rings. The van der Waals surface area contributed by atoms with Gasteiger partial charge in [0.25, 0.3) is 0 Å². The van der Waals surface area contributed by atoms with Crippen LogP contribution in [-0.4, -0.2) is 18.4 Å². The molecule has 0 aliphatic carbocycles. The van der Waals surface area contributed by atoms with E-state index in [-0.39, 0.29) is 6.54 Å². The number of allylic oxidation sites excluding steroid dienone is 1. The van der Waals surface area contributed by atoms with E-state index in [9.17, 15) is 4.39 Å². The van der Waals surface area contributed by atoms with Crippen molar-refractivity contribution in [1.29, 1.82) is 0 Å². The van der Waals surface area contributed by atoms with Gasteiger partial charge in [0, 0.05) is 0 Å². The van der Waals surface area contributed by atoms with Crippen molar-refractivity contribution >= 4 is 6.21 Å². The molecule has 0 radical (unpaired) electrons. The van der Waals surface area contributed by atoms with Gasteiger partial charge in [0.2, 0.25) is 0 Å². The molecular formula is C10H18FN. The molecule has 12 heavy (non-hydrogen) atoms. The molecule has 0 aromatic heterocycles. The van der Waals surface area contributed by atoms with Gasteiger partial charge in [-0.25, -0.2) is 4.39 Å². The molecule has 2 heteroatoms. The van der Waals surface area contributed by atoms with Gasteiger partial charge in [-0.2, -0.15) is 0 Å². The Bertz CT molecular complexity index is 180. The average Bonchev–Trinajstić information content (AvgIpc) is 2.01. The van der Waals surface area contributed by atoms with Crippen molar-refractivity contribution in [1.82, 2.24) is 0 Å². The zero-order valence-electron chi connectivity index (χ0n) is 8.39. The first-order chi connectivity index (χ1) is 5.54. The van der Waals surface area contributed by atoms with Gasteiger partial charge in [-0.15, -0.1) is 0 Å². The molecule has 0 heterocycles. The van der Waals surface area contributed by atoms with Crippen LogP contribution in [0, 0.1) is 0 Å². The zero-order valence-corrected chi connectivity index (χ0v) is 8.39. The van der Waals surface area contributed by atoms with Gasteiger partial charge < -0.3 is 0 Å². The molecule has 0 bridgehead atoms. The SMILES string of the molecule is CC=NC[C@@](C)(F)/C(C)=C\CC. The summed E-state index contributed by atoms with van der Waals surface area (Å²) in [5.74, 6) is 0. The Kier molecular flexibility index (Phi) is 4.79. The fraction of sp³-hybridized carbons (Fsp3) is 0.700. The number of aliphatic imine (C=N–C) groups is 1. The number of nitrogens with zero attached hydrogens (tertiary/aromatic N) is 1. The summed E-state index contributed by atoms with van der Waals surface area (Å²) in [5.41, 5.74) is -0.502. The minimum atomic E-state index is -1.28. The summed E-state index contributed by atoms with van der Waals surface area (Å²) in [7, 11) is 0. The molecule has 0 spiro atoms. The fourth-order valence-electron chi connectivity index (χ4n) is 0.906. The molecule has 0 unspecified atom stereocenters. The molecule has 0 saturated heterocycles. The summed E-state index contributed by atoms with van der Waals surface area (Å²) in [6.07, 6.45) is 4.42. The van der Waals surface area contributed by atoms with Crippen molar-refractivity contribution in [3.8, 4) is 0 Å². The van der Waals surface area contributed by atoms with Crippen LogP contribution >= 0.6 is 0 Å². The lowest BCUT2D eigenvalue weighted by molar-refractivity contribution is 0.250. The maximum absolute atomic E-state index is 13.7. The second-order valence-electron chi connectivity index (χ2n) is 3.09. The first-order valence-electron chi connectivity index (χ1n) is 4.35. The molecule has 0 saturated carbocycles. The third kappa shape index (κ3) is 3.65. The third-order valence-corrected chi connectivity index (χ3v) is 1.90. The summed E-state index contributed by atoms with van der Waals surface area (Å²) in [6.45, 7) is 7.42. The Hall–Kier alpha value is -0.660. The van der Waals surface area contributed by atoms with Crippen molar-refractivity contribution in [3.05, 3.63) is 11.6 Å². The van der Waals surface area contributed by atoms with Gasteiger partial charge in [0.05, 0.1) is 6.54 Å². The highest BCUT2D eigenvalue weighted by Crippen LogP contribution is 2.21. The number of alkyl halides is 1. The van der Waals surface area contributed by atoms with Crippen LogP contribution in [0.25, 0.3) is 0 Å². The number of rotatable bonds is 4. The average molecular weight is 171 g/mol. The first kappa shape index (κ1) is 11.3. The minimum absolute atomic E-state index is 0.228. The van der Waals surface area contributed by atoms with Gasteiger partial charge in [0.15, 0.2) is 0 Å². The van der Waals surface area contributed by atoms with E-state index in [1.54, 1.807) is 20.1 Å². The van der Waals surface area contributed by atoms with Crippen molar-refractivity contribution < 1.29 is 4.39 Å². The molecule has 0 aliphatic rings. The van der Waals surface area contributed by atoms with Crippen LogP contribution < -0.4 is 0 Å².